The van der Waals surface area contributed by atoms with E-state index in [2.05, 4.69) is 15.4 Å². The first-order chi connectivity index (χ1) is 11.5. The van der Waals surface area contributed by atoms with Crippen molar-refractivity contribution in [1.29, 1.82) is 0 Å². The van der Waals surface area contributed by atoms with E-state index in [1.54, 1.807) is 24.8 Å². The number of carbonyl (C=O) groups is 1. The van der Waals surface area contributed by atoms with E-state index in [0.29, 0.717) is 36.0 Å². The fourth-order valence-electron chi connectivity index (χ4n) is 2.74. The zero-order chi connectivity index (χ0) is 17.3. The molecule has 0 aliphatic carbocycles. The van der Waals surface area contributed by atoms with Crippen molar-refractivity contribution < 1.29 is 14.1 Å². The minimum Gasteiger partial charge on any atom is -0.471 e. The predicted octanol–water partition coefficient (Wildman–Crippen LogP) is 1.44. The summed E-state index contributed by atoms with van der Waals surface area (Å²) in [7, 11) is 3.80. The summed E-state index contributed by atoms with van der Waals surface area (Å²) in [5, 5.41) is 12.0. The Hall–Kier alpha value is -2.64. The van der Waals surface area contributed by atoms with Gasteiger partial charge >= 0.3 is 0 Å². The van der Waals surface area contributed by atoms with E-state index in [0.717, 1.165) is 12.2 Å². The second-order valence-electron chi connectivity index (χ2n) is 6.10. The van der Waals surface area contributed by atoms with Gasteiger partial charge in [0, 0.05) is 33.1 Å². The first-order valence-electron chi connectivity index (χ1n) is 7.85. The molecule has 1 fully saturated rings. The number of rotatable bonds is 4. The van der Waals surface area contributed by atoms with Gasteiger partial charge in [0.25, 0.3) is 5.91 Å². The van der Waals surface area contributed by atoms with Gasteiger partial charge in [0.05, 0.1) is 12.2 Å². The van der Waals surface area contributed by atoms with Crippen molar-refractivity contribution in [2.45, 2.75) is 26.4 Å². The second kappa shape index (κ2) is 6.46. The molecule has 0 spiro atoms. The molecule has 1 amide bonds. The standard InChI is InChI=1S/C16H21N5O3/c1-10-15(11(2)24-19-10)16(22)21-8-7-12(9-21)23-14-6-5-13(17-18-14)20(3)4/h5-6,12H,7-9H2,1-4H3/t12-/m1/s1. The van der Waals surface area contributed by atoms with Crippen molar-refractivity contribution in [3.05, 3.63) is 29.2 Å². The van der Waals surface area contributed by atoms with Gasteiger partial charge in [-0.2, -0.15) is 0 Å². The van der Waals surface area contributed by atoms with Crippen LogP contribution in [-0.2, 0) is 0 Å². The van der Waals surface area contributed by atoms with E-state index in [1.165, 1.54) is 0 Å². The van der Waals surface area contributed by atoms with Crippen LogP contribution >= 0.6 is 0 Å². The molecule has 1 aliphatic rings. The summed E-state index contributed by atoms with van der Waals surface area (Å²) in [5.74, 6) is 1.72. The minimum atomic E-state index is -0.0890. The number of nitrogens with zero attached hydrogens (tertiary/aromatic N) is 5. The molecular formula is C16H21N5O3. The molecule has 8 heteroatoms. The van der Waals surface area contributed by atoms with Gasteiger partial charge in [-0.15, -0.1) is 10.2 Å². The summed E-state index contributed by atoms with van der Waals surface area (Å²) in [4.78, 5) is 16.2. The number of aryl methyl sites for hydroxylation is 2. The molecule has 24 heavy (non-hydrogen) atoms. The third kappa shape index (κ3) is 3.17. The van der Waals surface area contributed by atoms with E-state index >= 15 is 0 Å². The fraction of sp³-hybridized carbons (Fsp3) is 0.500. The summed E-state index contributed by atoms with van der Waals surface area (Å²) < 4.78 is 10.9. The number of amides is 1. The Kier molecular flexibility index (Phi) is 4.37. The molecule has 0 saturated carbocycles. The third-order valence-electron chi connectivity index (χ3n) is 4.05. The monoisotopic (exact) mass is 331 g/mol. The maximum absolute atomic E-state index is 12.6. The zero-order valence-corrected chi connectivity index (χ0v) is 14.3. The van der Waals surface area contributed by atoms with Crippen LogP contribution in [0.15, 0.2) is 16.7 Å². The number of carbonyl (C=O) groups excluding carboxylic acids is 1. The number of ether oxygens (including phenoxy) is 1. The molecule has 1 atom stereocenters. The highest BCUT2D eigenvalue weighted by molar-refractivity contribution is 5.96. The fourth-order valence-corrected chi connectivity index (χ4v) is 2.74. The number of hydrogen-bond acceptors (Lipinski definition) is 7. The molecule has 128 valence electrons. The van der Waals surface area contributed by atoms with Crippen molar-refractivity contribution in [3.63, 3.8) is 0 Å². The van der Waals surface area contributed by atoms with Gasteiger partial charge in [-0.1, -0.05) is 5.16 Å². The lowest BCUT2D eigenvalue weighted by Crippen LogP contribution is -2.31. The Labute approximate surface area is 140 Å². The van der Waals surface area contributed by atoms with Crippen LogP contribution in [0.5, 0.6) is 5.88 Å². The van der Waals surface area contributed by atoms with Crippen LogP contribution < -0.4 is 9.64 Å². The maximum Gasteiger partial charge on any atom is 0.259 e. The molecule has 0 N–H and O–H groups in total. The normalized spacial score (nSPS) is 17.2. The SMILES string of the molecule is Cc1noc(C)c1C(=O)N1CC[C@@H](Oc2ccc(N(C)C)nn2)C1. The van der Waals surface area contributed by atoms with Crippen LogP contribution in [0.4, 0.5) is 5.82 Å². The Balaban J connectivity index is 1.62. The van der Waals surface area contributed by atoms with Gasteiger partial charge in [0.15, 0.2) is 5.82 Å². The van der Waals surface area contributed by atoms with E-state index in [4.69, 9.17) is 9.26 Å². The number of hydrogen-bond donors (Lipinski definition) is 0. The van der Waals surface area contributed by atoms with Gasteiger partial charge in [-0.3, -0.25) is 4.79 Å². The molecule has 0 unspecified atom stereocenters. The second-order valence-corrected chi connectivity index (χ2v) is 6.10. The Bertz CT molecular complexity index is 706. The summed E-state index contributed by atoms with van der Waals surface area (Å²) in [5.41, 5.74) is 1.16. The van der Waals surface area contributed by atoms with E-state index in [1.807, 2.05) is 25.1 Å². The van der Waals surface area contributed by atoms with Crippen molar-refractivity contribution in [1.82, 2.24) is 20.3 Å². The summed E-state index contributed by atoms with van der Waals surface area (Å²) >= 11 is 0. The Morgan fingerprint density at radius 1 is 1.33 bits per heavy atom. The molecule has 3 heterocycles. The minimum absolute atomic E-state index is 0.0635. The highest BCUT2D eigenvalue weighted by Crippen LogP contribution is 2.21. The van der Waals surface area contributed by atoms with E-state index in [9.17, 15) is 4.79 Å². The largest absolute Gasteiger partial charge is 0.471 e. The first-order valence-corrected chi connectivity index (χ1v) is 7.85. The van der Waals surface area contributed by atoms with Crippen LogP contribution in [0.2, 0.25) is 0 Å². The van der Waals surface area contributed by atoms with Crippen LogP contribution in [0, 0.1) is 13.8 Å². The van der Waals surface area contributed by atoms with Crippen LogP contribution in [0.3, 0.4) is 0 Å². The quantitative estimate of drug-likeness (QED) is 0.838. The lowest BCUT2D eigenvalue weighted by molar-refractivity contribution is 0.0768. The molecule has 2 aromatic rings. The van der Waals surface area contributed by atoms with Crippen LogP contribution in [0.25, 0.3) is 0 Å². The number of likely N-dealkylation sites (tertiary alicyclic amines) is 1. The van der Waals surface area contributed by atoms with Crippen molar-refractivity contribution in [3.8, 4) is 5.88 Å². The van der Waals surface area contributed by atoms with Gasteiger partial charge in [-0.05, 0) is 19.9 Å². The van der Waals surface area contributed by atoms with Gasteiger partial charge < -0.3 is 19.1 Å². The van der Waals surface area contributed by atoms with Crippen molar-refractivity contribution in [2.24, 2.45) is 0 Å². The van der Waals surface area contributed by atoms with Gasteiger partial charge in [0.2, 0.25) is 5.88 Å². The molecule has 0 bridgehead atoms. The van der Waals surface area contributed by atoms with E-state index in [-0.39, 0.29) is 12.0 Å². The molecule has 3 rings (SSSR count). The maximum atomic E-state index is 12.6. The summed E-state index contributed by atoms with van der Waals surface area (Å²) in [6, 6.07) is 3.64. The number of aromatic nitrogens is 3. The smallest absolute Gasteiger partial charge is 0.259 e. The highest BCUT2D eigenvalue weighted by atomic mass is 16.5. The van der Waals surface area contributed by atoms with Crippen LogP contribution in [0.1, 0.15) is 28.2 Å². The molecule has 1 saturated heterocycles. The Morgan fingerprint density at radius 3 is 2.71 bits per heavy atom. The highest BCUT2D eigenvalue weighted by Gasteiger charge is 2.31. The van der Waals surface area contributed by atoms with Crippen molar-refractivity contribution in [2.75, 3.05) is 32.1 Å². The van der Waals surface area contributed by atoms with Gasteiger partial charge in [0.1, 0.15) is 17.4 Å². The van der Waals surface area contributed by atoms with Crippen LogP contribution in [-0.4, -0.2) is 59.4 Å². The predicted molar refractivity (Wildman–Crippen MR) is 87.3 cm³/mol. The summed E-state index contributed by atoms with van der Waals surface area (Å²) in [6.07, 6.45) is 0.667. The average molecular weight is 331 g/mol. The van der Waals surface area contributed by atoms with Gasteiger partial charge in [-0.25, -0.2) is 0 Å². The Morgan fingerprint density at radius 2 is 2.12 bits per heavy atom. The van der Waals surface area contributed by atoms with E-state index < -0.39 is 0 Å². The lowest BCUT2D eigenvalue weighted by Gasteiger charge is -2.17. The summed E-state index contributed by atoms with van der Waals surface area (Å²) in [6.45, 7) is 4.67. The molecule has 2 aromatic heterocycles. The molecule has 0 aromatic carbocycles. The lowest BCUT2D eigenvalue weighted by atomic mass is 10.2. The average Bonchev–Trinajstić information content (AvgIpc) is 3.14. The topological polar surface area (TPSA) is 84.6 Å². The third-order valence-corrected chi connectivity index (χ3v) is 4.05. The molecule has 8 nitrogen and oxygen atoms in total. The molecular weight excluding hydrogens is 310 g/mol. The van der Waals surface area contributed by atoms with Crippen molar-refractivity contribution >= 4 is 11.7 Å². The number of anilines is 1. The molecule has 0 radical (unpaired) electrons. The first kappa shape index (κ1) is 16.2. The molecule has 1 aliphatic heterocycles. The zero-order valence-electron chi connectivity index (χ0n) is 14.3.